The van der Waals surface area contributed by atoms with Crippen molar-refractivity contribution < 1.29 is 22.7 Å². The molecule has 0 radical (unpaired) electrons. The topological polar surface area (TPSA) is 120 Å². The van der Waals surface area contributed by atoms with Gasteiger partial charge in [0.05, 0.1) is 12.8 Å². The Morgan fingerprint density at radius 1 is 1.22 bits per heavy atom. The Labute approximate surface area is 215 Å². The molecule has 0 bridgehead atoms. The van der Waals surface area contributed by atoms with Crippen LogP contribution >= 0.6 is 11.6 Å². The van der Waals surface area contributed by atoms with Crippen LogP contribution in [0.5, 0.6) is 0 Å². The first-order valence-corrected chi connectivity index (χ1v) is 12.5. The van der Waals surface area contributed by atoms with Crippen molar-refractivity contribution >= 4 is 46.3 Å². The van der Waals surface area contributed by atoms with Crippen LogP contribution in [0.25, 0.3) is 11.2 Å². The minimum Gasteiger partial charge on any atom is -0.369 e. The molecule has 0 unspecified atom stereocenters. The van der Waals surface area contributed by atoms with E-state index in [9.17, 15) is 18.0 Å². The van der Waals surface area contributed by atoms with Gasteiger partial charge in [0, 0.05) is 28.9 Å². The van der Waals surface area contributed by atoms with E-state index in [0.717, 1.165) is 12.1 Å². The molecular formula is C24H27ClF3N7O2. The first-order chi connectivity index (χ1) is 17.6. The van der Waals surface area contributed by atoms with Crippen molar-refractivity contribution in [2.24, 2.45) is 11.1 Å². The molecule has 3 heterocycles. The lowest BCUT2D eigenvalue weighted by Gasteiger charge is -2.35. The molecule has 1 saturated heterocycles. The molecule has 1 aliphatic carbocycles. The van der Waals surface area contributed by atoms with E-state index >= 15 is 0 Å². The van der Waals surface area contributed by atoms with Crippen molar-refractivity contribution in [2.75, 3.05) is 17.2 Å². The summed E-state index contributed by atoms with van der Waals surface area (Å²) in [5, 5.41) is 5.84. The van der Waals surface area contributed by atoms with Crippen molar-refractivity contribution in [3.8, 4) is 0 Å². The Kier molecular flexibility index (Phi) is 6.88. The van der Waals surface area contributed by atoms with Gasteiger partial charge in [0.2, 0.25) is 24.2 Å². The summed E-state index contributed by atoms with van der Waals surface area (Å²) in [7, 11) is 0. The highest BCUT2D eigenvalue weighted by molar-refractivity contribution is 6.30. The summed E-state index contributed by atoms with van der Waals surface area (Å²) < 4.78 is 49.7. The molecule has 5 rings (SSSR count). The number of rotatable bonds is 6. The van der Waals surface area contributed by atoms with Crippen molar-refractivity contribution in [1.82, 2.24) is 19.5 Å². The van der Waals surface area contributed by atoms with Crippen LogP contribution in [0.15, 0.2) is 18.3 Å². The van der Waals surface area contributed by atoms with Crippen molar-refractivity contribution in [3.05, 3.63) is 35.0 Å². The maximum atomic E-state index is 14.6. The van der Waals surface area contributed by atoms with Crippen LogP contribution in [0, 0.1) is 17.0 Å². The molecule has 3 aromatic rings. The summed E-state index contributed by atoms with van der Waals surface area (Å²) in [6.07, 6.45) is 3.11. The number of ether oxygens (including phenoxy) is 1. The number of anilines is 3. The number of imidazole rings is 1. The predicted molar refractivity (Wildman–Crippen MR) is 132 cm³/mol. The molecule has 0 spiro atoms. The third kappa shape index (κ3) is 5.17. The van der Waals surface area contributed by atoms with Crippen LogP contribution in [0.2, 0.25) is 5.02 Å². The maximum Gasteiger partial charge on any atom is 0.224 e. The minimum atomic E-state index is -1.36. The van der Waals surface area contributed by atoms with Gasteiger partial charge in [0.15, 0.2) is 17.3 Å². The number of hydrogen-bond donors (Lipinski definition) is 3. The first-order valence-electron chi connectivity index (χ1n) is 12.1. The van der Waals surface area contributed by atoms with Crippen LogP contribution in [0.4, 0.5) is 30.8 Å². The summed E-state index contributed by atoms with van der Waals surface area (Å²) in [6.45, 7) is 2.12. The van der Waals surface area contributed by atoms with Gasteiger partial charge < -0.3 is 21.1 Å². The van der Waals surface area contributed by atoms with Gasteiger partial charge in [0.1, 0.15) is 11.2 Å². The highest BCUT2D eigenvalue weighted by Gasteiger charge is 2.38. The average Bonchev–Trinajstić information content (AvgIpc) is 3.19. The fourth-order valence-electron chi connectivity index (χ4n) is 4.97. The van der Waals surface area contributed by atoms with E-state index in [0.29, 0.717) is 43.3 Å². The molecule has 1 aliphatic heterocycles. The quantitative estimate of drug-likeness (QED) is 0.405. The Morgan fingerprint density at radius 2 is 1.92 bits per heavy atom. The van der Waals surface area contributed by atoms with E-state index in [1.54, 1.807) is 4.57 Å². The summed E-state index contributed by atoms with van der Waals surface area (Å²) >= 11 is 5.78. The number of halogens is 4. The molecule has 13 heteroatoms. The number of benzene rings is 1. The van der Waals surface area contributed by atoms with E-state index in [-0.39, 0.29) is 47.9 Å². The number of carbonyl (C=O) groups is 1. The molecule has 1 saturated carbocycles. The Morgan fingerprint density at radius 3 is 2.57 bits per heavy atom. The van der Waals surface area contributed by atoms with Gasteiger partial charge in [-0.1, -0.05) is 18.5 Å². The first kappa shape index (κ1) is 25.5. The molecule has 2 atom stereocenters. The second kappa shape index (κ2) is 9.97. The second-order valence-corrected chi connectivity index (χ2v) is 10.3. The van der Waals surface area contributed by atoms with Gasteiger partial charge in [-0.2, -0.15) is 4.98 Å². The zero-order valence-corrected chi connectivity index (χ0v) is 20.9. The summed E-state index contributed by atoms with van der Waals surface area (Å²) in [5.74, 6) is -1.66. The normalized spacial score (nSPS) is 26.2. The number of alkyl halides is 1. The molecule has 1 amide bonds. The van der Waals surface area contributed by atoms with Gasteiger partial charge in [-0.25, -0.2) is 23.1 Å². The SMILES string of the molecule is CC1(C(N)=O)CCC(n2c(Nc3c(F)cc(Cl)cc3F)nc3cnc(N[C@H]4CCO[C@@H](F)C4)nc32)CC1. The number of carbonyl (C=O) groups excluding carboxylic acids is 1. The van der Waals surface area contributed by atoms with Gasteiger partial charge >= 0.3 is 0 Å². The van der Waals surface area contributed by atoms with Crippen molar-refractivity contribution in [3.63, 3.8) is 0 Å². The minimum absolute atomic E-state index is 0.0720. The number of aromatic nitrogens is 4. The zero-order valence-electron chi connectivity index (χ0n) is 20.1. The van der Waals surface area contributed by atoms with Crippen LogP contribution in [0.3, 0.4) is 0 Å². The summed E-state index contributed by atoms with van der Waals surface area (Å²) in [4.78, 5) is 25.4. The van der Waals surface area contributed by atoms with Gasteiger partial charge in [0.25, 0.3) is 0 Å². The third-order valence-electron chi connectivity index (χ3n) is 7.26. The maximum absolute atomic E-state index is 14.6. The number of primary amides is 1. The fraction of sp³-hybridized carbons (Fsp3) is 0.500. The van der Waals surface area contributed by atoms with Crippen LogP contribution < -0.4 is 16.4 Å². The van der Waals surface area contributed by atoms with Crippen LogP contribution in [0.1, 0.15) is 51.5 Å². The van der Waals surface area contributed by atoms with E-state index in [1.165, 1.54) is 6.20 Å². The van der Waals surface area contributed by atoms with E-state index in [4.69, 9.17) is 22.1 Å². The lowest BCUT2D eigenvalue weighted by atomic mass is 9.73. The van der Waals surface area contributed by atoms with Crippen molar-refractivity contribution in [1.29, 1.82) is 0 Å². The highest BCUT2D eigenvalue weighted by Crippen LogP contribution is 2.43. The molecular weight excluding hydrogens is 511 g/mol. The predicted octanol–water partition coefficient (Wildman–Crippen LogP) is 4.99. The van der Waals surface area contributed by atoms with E-state index in [1.807, 2.05) is 6.92 Å². The molecule has 2 fully saturated rings. The lowest BCUT2D eigenvalue weighted by molar-refractivity contribution is -0.128. The molecule has 198 valence electrons. The largest absolute Gasteiger partial charge is 0.369 e. The molecule has 4 N–H and O–H groups in total. The number of nitrogens with one attached hydrogen (secondary N) is 2. The Bertz CT molecular complexity index is 1310. The Balaban J connectivity index is 1.52. The van der Waals surface area contributed by atoms with Crippen LogP contribution in [-0.2, 0) is 9.53 Å². The molecule has 1 aromatic carbocycles. The number of amides is 1. The van der Waals surface area contributed by atoms with Crippen molar-refractivity contribution in [2.45, 2.75) is 63.9 Å². The van der Waals surface area contributed by atoms with Crippen LogP contribution in [-0.4, -0.2) is 44.4 Å². The second-order valence-electron chi connectivity index (χ2n) is 9.88. The molecule has 37 heavy (non-hydrogen) atoms. The van der Waals surface area contributed by atoms with Gasteiger partial charge in [-0.05, 0) is 44.2 Å². The molecule has 2 aliphatic rings. The molecule has 9 nitrogen and oxygen atoms in total. The third-order valence-corrected chi connectivity index (χ3v) is 7.48. The summed E-state index contributed by atoms with van der Waals surface area (Å²) in [6, 6.07) is 1.62. The number of nitrogens with two attached hydrogens (primary N) is 1. The molecule has 2 aromatic heterocycles. The average molecular weight is 538 g/mol. The van der Waals surface area contributed by atoms with E-state index in [2.05, 4.69) is 25.6 Å². The number of fused-ring (bicyclic) bond motifs is 1. The monoisotopic (exact) mass is 537 g/mol. The van der Waals surface area contributed by atoms with Gasteiger partial charge in [-0.3, -0.25) is 9.36 Å². The van der Waals surface area contributed by atoms with E-state index < -0.39 is 29.1 Å². The number of hydrogen-bond acceptors (Lipinski definition) is 7. The Hall–Kier alpha value is -3.12. The lowest BCUT2D eigenvalue weighted by Crippen LogP contribution is -2.38. The smallest absolute Gasteiger partial charge is 0.224 e. The highest BCUT2D eigenvalue weighted by atomic mass is 35.5. The standard InChI is InChI=1S/C24H27ClF3N7O2/c1-24(21(29)36)5-2-14(3-6-24)35-20-17(11-30-22(34-20)31-13-4-7-37-18(28)10-13)32-23(35)33-19-15(26)8-12(25)9-16(19)27/h8-9,11,13-14,18H,2-7,10H2,1H3,(H2,29,36)(H,32,33)(H,30,31,34)/t13-,14?,18+,24?/m0/s1. The summed E-state index contributed by atoms with van der Waals surface area (Å²) in [5.41, 5.74) is 5.43. The number of nitrogens with zero attached hydrogens (tertiary/aromatic N) is 4. The van der Waals surface area contributed by atoms with Gasteiger partial charge in [-0.15, -0.1) is 0 Å². The zero-order chi connectivity index (χ0) is 26.3. The fourth-order valence-corrected chi connectivity index (χ4v) is 5.17.